The van der Waals surface area contributed by atoms with Gasteiger partial charge in [0.25, 0.3) is 5.91 Å². The zero-order valence-corrected chi connectivity index (χ0v) is 15.3. The number of hydrogen-bond acceptors (Lipinski definition) is 3. The number of carbonyl (C=O) groups excluding carboxylic acids is 1. The third-order valence-electron chi connectivity index (χ3n) is 4.03. The lowest BCUT2D eigenvalue weighted by Gasteiger charge is -2.26. The van der Waals surface area contributed by atoms with Crippen molar-refractivity contribution < 1.29 is 4.79 Å². The highest BCUT2D eigenvalue weighted by molar-refractivity contribution is 5.93. The lowest BCUT2D eigenvalue weighted by Crippen LogP contribution is -2.42. The summed E-state index contributed by atoms with van der Waals surface area (Å²) in [5, 5.41) is 7.14. The minimum absolute atomic E-state index is 0.0346. The molecule has 1 atom stereocenters. The van der Waals surface area contributed by atoms with Crippen molar-refractivity contribution in [2.24, 2.45) is 7.05 Å². The third kappa shape index (κ3) is 8.16. The Morgan fingerprint density at radius 3 is 2.30 bits per heavy atom. The number of amides is 1. The van der Waals surface area contributed by atoms with Gasteiger partial charge in [-0.3, -0.25) is 9.48 Å². The van der Waals surface area contributed by atoms with Gasteiger partial charge < -0.3 is 10.2 Å². The summed E-state index contributed by atoms with van der Waals surface area (Å²) in [6, 6.07) is 0.144. The maximum atomic E-state index is 12.2. The van der Waals surface area contributed by atoms with Gasteiger partial charge in [0.2, 0.25) is 0 Å². The summed E-state index contributed by atoms with van der Waals surface area (Å²) in [7, 11) is 1.82. The molecule has 1 rings (SSSR count). The highest BCUT2D eigenvalue weighted by atomic mass is 16.1. The third-order valence-corrected chi connectivity index (χ3v) is 4.03. The first-order chi connectivity index (χ1) is 11.1. The minimum Gasteiger partial charge on any atom is -0.348 e. The first-order valence-electron chi connectivity index (χ1n) is 9.08. The van der Waals surface area contributed by atoms with Gasteiger partial charge in [0.15, 0.2) is 0 Å². The molecule has 23 heavy (non-hydrogen) atoms. The van der Waals surface area contributed by atoms with Crippen molar-refractivity contribution >= 4 is 5.91 Å². The van der Waals surface area contributed by atoms with Crippen molar-refractivity contribution in [3.8, 4) is 0 Å². The van der Waals surface area contributed by atoms with Gasteiger partial charge >= 0.3 is 0 Å². The van der Waals surface area contributed by atoms with E-state index in [2.05, 4.69) is 36.1 Å². The molecule has 1 unspecified atom stereocenters. The molecule has 0 spiro atoms. The van der Waals surface area contributed by atoms with Crippen LogP contribution < -0.4 is 5.32 Å². The Kier molecular flexibility index (Phi) is 9.60. The zero-order valence-electron chi connectivity index (χ0n) is 15.3. The molecular formula is C18H34N4O. The standard InChI is InChI=1S/C18H34N4O/c1-5-7-9-11-22(12-10-8-6-2)14-16(3)20-18(23)17-13-19-21(4)15-17/h13,15-16H,5-12,14H2,1-4H3,(H,20,23). The minimum atomic E-state index is -0.0346. The Morgan fingerprint density at radius 2 is 1.83 bits per heavy atom. The summed E-state index contributed by atoms with van der Waals surface area (Å²) in [5.74, 6) is -0.0346. The lowest BCUT2D eigenvalue weighted by molar-refractivity contribution is 0.0928. The largest absolute Gasteiger partial charge is 0.348 e. The smallest absolute Gasteiger partial charge is 0.254 e. The Labute approximate surface area is 141 Å². The molecule has 0 aromatic carbocycles. The van der Waals surface area contributed by atoms with Crippen molar-refractivity contribution in [3.05, 3.63) is 18.0 Å². The molecule has 0 saturated heterocycles. The molecule has 1 aromatic heterocycles. The molecule has 0 aliphatic rings. The van der Waals surface area contributed by atoms with E-state index in [-0.39, 0.29) is 11.9 Å². The summed E-state index contributed by atoms with van der Waals surface area (Å²) in [6.45, 7) is 9.73. The second kappa shape index (κ2) is 11.2. The van der Waals surface area contributed by atoms with E-state index >= 15 is 0 Å². The quantitative estimate of drug-likeness (QED) is 0.601. The fraction of sp³-hybridized carbons (Fsp3) is 0.778. The lowest BCUT2D eigenvalue weighted by atomic mass is 10.2. The molecule has 0 saturated carbocycles. The van der Waals surface area contributed by atoms with E-state index in [1.807, 2.05) is 7.05 Å². The number of rotatable bonds is 12. The highest BCUT2D eigenvalue weighted by Gasteiger charge is 2.14. The molecule has 5 nitrogen and oxygen atoms in total. The van der Waals surface area contributed by atoms with Crippen LogP contribution in [0.2, 0.25) is 0 Å². The van der Waals surface area contributed by atoms with Crippen LogP contribution in [-0.2, 0) is 7.05 Å². The molecule has 5 heteroatoms. The average molecular weight is 322 g/mol. The first kappa shape index (κ1) is 19.7. The van der Waals surface area contributed by atoms with E-state index in [9.17, 15) is 4.79 Å². The molecule has 1 N–H and O–H groups in total. The van der Waals surface area contributed by atoms with Gasteiger partial charge in [-0.15, -0.1) is 0 Å². The maximum Gasteiger partial charge on any atom is 0.254 e. The van der Waals surface area contributed by atoms with Crippen LogP contribution in [-0.4, -0.2) is 46.3 Å². The summed E-state index contributed by atoms with van der Waals surface area (Å²) in [6.07, 6.45) is 10.9. The van der Waals surface area contributed by atoms with Crippen molar-refractivity contribution in [3.63, 3.8) is 0 Å². The molecular weight excluding hydrogens is 288 g/mol. The van der Waals surface area contributed by atoms with Gasteiger partial charge in [0, 0.05) is 25.8 Å². The molecule has 132 valence electrons. The fourth-order valence-electron chi connectivity index (χ4n) is 2.74. The van der Waals surface area contributed by atoms with Gasteiger partial charge in [-0.05, 0) is 32.9 Å². The first-order valence-corrected chi connectivity index (χ1v) is 9.08. The fourth-order valence-corrected chi connectivity index (χ4v) is 2.74. The van der Waals surface area contributed by atoms with Crippen LogP contribution in [0.4, 0.5) is 0 Å². The van der Waals surface area contributed by atoms with Gasteiger partial charge in [-0.25, -0.2) is 0 Å². The normalized spacial score (nSPS) is 12.6. The van der Waals surface area contributed by atoms with Crippen LogP contribution in [0.15, 0.2) is 12.4 Å². The molecule has 0 aliphatic carbocycles. The van der Waals surface area contributed by atoms with E-state index in [1.54, 1.807) is 17.1 Å². The summed E-state index contributed by atoms with van der Waals surface area (Å²) in [4.78, 5) is 14.7. The predicted octanol–water partition coefficient (Wildman–Crippen LogP) is 3.22. The van der Waals surface area contributed by atoms with Gasteiger partial charge in [-0.2, -0.15) is 5.10 Å². The Balaban J connectivity index is 2.43. The van der Waals surface area contributed by atoms with Crippen molar-refractivity contribution in [2.45, 2.75) is 65.3 Å². The molecule has 0 aliphatic heterocycles. The Bertz CT molecular complexity index is 434. The van der Waals surface area contributed by atoms with Gasteiger partial charge in [-0.1, -0.05) is 39.5 Å². The Hall–Kier alpha value is -1.36. The summed E-state index contributed by atoms with van der Waals surface area (Å²) >= 11 is 0. The Morgan fingerprint density at radius 1 is 1.22 bits per heavy atom. The topological polar surface area (TPSA) is 50.2 Å². The number of unbranched alkanes of at least 4 members (excludes halogenated alkanes) is 4. The van der Waals surface area contributed by atoms with Crippen molar-refractivity contribution in [1.82, 2.24) is 20.0 Å². The van der Waals surface area contributed by atoms with Crippen LogP contribution in [0.25, 0.3) is 0 Å². The van der Waals surface area contributed by atoms with Crippen LogP contribution in [0, 0.1) is 0 Å². The monoisotopic (exact) mass is 322 g/mol. The second-order valence-corrected chi connectivity index (χ2v) is 6.49. The molecule has 0 radical (unpaired) electrons. The SMILES string of the molecule is CCCCCN(CCCCC)CC(C)NC(=O)c1cnn(C)c1. The summed E-state index contributed by atoms with van der Waals surface area (Å²) < 4.78 is 1.65. The number of hydrogen-bond donors (Lipinski definition) is 1. The number of aromatic nitrogens is 2. The molecule has 0 bridgehead atoms. The second-order valence-electron chi connectivity index (χ2n) is 6.49. The molecule has 1 amide bonds. The highest BCUT2D eigenvalue weighted by Crippen LogP contribution is 2.05. The molecule has 1 heterocycles. The van der Waals surface area contributed by atoms with Gasteiger partial charge in [0.1, 0.15) is 0 Å². The van der Waals surface area contributed by atoms with E-state index < -0.39 is 0 Å². The van der Waals surface area contributed by atoms with Gasteiger partial charge in [0.05, 0.1) is 11.8 Å². The maximum absolute atomic E-state index is 12.2. The summed E-state index contributed by atoms with van der Waals surface area (Å²) in [5.41, 5.74) is 0.628. The van der Waals surface area contributed by atoms with Crippen LogP contribution in [0.1, 0.15) is 69.7 Å². The van der Waals surface area contributed by atoms with Crippen LogP contribution >= 0.6 is 0 Å². The van der Waals surface area contributed by atoms with E-state index in [4.69, 9.17) is 0 Å². The van der Waals surface area contributed by atoms with Crippen LogP contribution in [0.3, 0.4) is 0 Å². The molecule has 0 fully saturated rings. The molecule has 1 aromatic rings. The van der Waals surface area contributed by atoms with E-state index in [1.165, 1.54) is 38.5 Å². The number of aryl methyl sites for hydroxylation is 1. The van der Waals surface area contributed by atoms with Crippen molar-refractivity contribution in [2.75, 3.05) is 19.6 Å². The van der Waals surface area contributed by atoms with E-state index in [0.29, 0.717) is 5.56 Å². The van der Waals surface area contributed by atoms with Crippen molar-refractivity contribution in [1.29, 1.82) is 0 Å². The predicted molar refractivity (Wildman–Crippen MR) is 95.6 cm³/mol. The van der Waals surface area contributed by atoms with Crippen LogP contribution in [0.5, 0.6) is 0 Å². The number of nitrogens with zero attached hydrogens (tertiary/aromatic N) is 3. The zero-order chi connectivity index (χ0) is 17.1. The number of carbonyl (C=O) groups is 1. The average Bonchev–Trinajstić information content (AvgIpc) is 2.94. The van der Waals surface area contributed by atoms with E-state index in [0.717, 1.165) is 19.6 Å². The number of nitrogens with one attached hydrogen (secondary N) is 1.